The summed E-state index contributed by atoms with van der Waals surface area (Å²) in [5.74, 6) is 1.03. The monoisotopic (exact) mass is 544 g/mol. The Labute approximate surface area is 198 Å². The number of piperazine rings is 1. The number of nitrogens with one attached hydrogen (secondary N) is 1. The molecule has 0 radical (unpaired) electrons. The molecule has 2 aromatic carbocycles. The van der Waals surface area contributed by atoms with Crippen molar-refractivity contribution in [3.8, 4) is 5.75 Å². The number of rotatable bonds is 4. The molecule has 168 valence electrons. The van der Waals surface area contributed by atoms with Crippen molar-refractivity contribution in [3.63, 3.8) is 0 Å². The number of para-hydroxylation sites is 1. The van der Waals surface area contributed by atoms with Gasteiger partial charge in [0.1, 0.15) is 17.4 Å². The lowest BCUT2D eigenvalue weighted by atomic mass is 10.1. The fourth-order valence-electron chi connectivity index (χ4n) is 3.95. The summed E-state index contributed by atoms with van der Waals surface area (Å²) in [6.07, 6.45) is 0.605. The van der Waals surface area contributed by atoms with E-state index in [4.69, 9.17) is 9.47 Å². The molecule has 2 aromatic rings. The molecule has 1 fully saturated rings. The van der Waals surface area contributed by atoms with Crippen LogP contribution in [0.3, 0.4) is 0 Å². The normalized spacial score (nSPS) is 16.3. The molecule has 0 aliphatic carbocycles. The van der Waals surface area contributed by atoms with Gasteiger partial charge in [-0.25, -0.2) is 8.78 Å². The summed E-state index contributed by atoms with van der Waals surface area (Å²) in [6, 6.07) is 9.83. The Kier molecular flexibility index (Phi) is 8.30. The zero-order valence-corrected chi connectivity index (χ0v) is 19.8. The third-order valence-electron chi connectivity index (χ3n) is 5.41. The van der Waals surface area contributed by atoms with Crippen molar-refractivity contribution < 1.29 is 18.3 Å². The topological polar surface area (TPSA) is 49.3 Å². The molecular weight excluding hydrogens is 517 g/mol. The third-order valence-corrected chi connectivity index (χ3v) is 5.41. The van der Waals surface area contributed by atoms with Crippen molar-refractivity contribution in [2.75, 3.05) is 51.5 Å². The number of benzene rings is 2. The van der Waals surface area contributed by atoms with Crippen molar-refractivity contribution in [1.29, 1.82) is 0 Å². The minimum absolute atomic E-state index is 0. The summed E-state index contributed by atoms with van der Waals surface area (Å²) >= 11 is 0. The van der Waals surface area contributed by atoms with Crippen LogP contribution in [0.1, 0.15) is 11.1 Å². The smallest absolute Gasteiger partial charge is 0.193 e. The van der Waals surface area contributed by atoms with Gasteiger partial charge in [-0.05, 0) is 36.2 Å². The van der Waals surface area contributed by atoms with Gasteiger partial charge in [-0.3, -0.25) is 4.99 Å². The second-order valence-electron chi connectivity index (χ2n) is 7.31. The van der Waals surface area contributed by atoms with Crippen LogP contribution in [-0.4, -0.2) is 57.4 Å². The van der Waals surface area contributed by atoms with Crippen molar-refractivity contribution >= 4 is 35.6 Å². The molecule has 31 heavy (non-hydrogen) atoms. The maximum Gasteiger partial charge on any atom is 0.193 e. The average molecular weight is 544 g/mol. The van der Waals surface area contributed by atoms with E-state index in [1.165, 1.54) is 18.2 Å². The summed E-state index contributed by atoms with van der Waals surface area (Å²) in [7, 11) is 1.75. The Hall–Kier alpha value is -2.14. The molecule has 9 heteroatoms. The van der Waals surface area contributed by atoms with E-state index in [0.29, 0.717) is 38.3 Å². The largest absolute Gasteiger partial charge is 0.467 e. The van der Waals surface area contributed by atoms with Crippen molar-refractivity contribution in [2.45, 2.75) is 13.0 Å². The van der Waals surface area contributed by atoms with Crippen LogP contribution in [0.2, 0.25) is 0 Å². The standard InChI is InChI=1S/C22H26F2N4O2.HI/c1-25-22(28-10-8-27(9-11-28)20-5-3-2-4-19(20)24)26-7-6-16-12-18(23)13-17-14-29-15-30-21(16)17;/h2-5,12-13H,6-11,14-15H2,1H3,(H,25,26);1H. The van der Waals surface area contributed by atoms with E-state index in [0.717, 1.165) is 35.9 Å². The minimum atomic E-state index is -0.286. The first kappa shape index (κ1) is 23.5. The second-order valence-corrected chi connectivity index (χ2v) is 7.31. The molecule has 0 atom stereocenters. The molecule has 2 aliphatic rings. The minimum Gasteiger partial charge on any atom is -0.467 e. The van der Waals surface area contributed by atoms with Crippen LogP contribution in [0.15, 0.2) is 41.4 Å². The molecule has 6 nitrogen and oxygen atoms in total. The highest BCUT2D eigenvalue weighted by Gasteiger charge is 2.22. The van der Waals surface area contributed by atoms with Crippen LogP contribution < -0.4 is 15.0 Å². The van der Waals surface area contributed by atoms with Crippen molar-refractivity contribution in [3.05, 3.63) is 59.2 Å². The number of hydrogen-bond acceptors (Lipinski definition) is 4. The van der Waals surface area contributed by atoms with Gasteiger partial charge in [0.05, 0.1) is 12.3 Å². The highest BCUT2D eigenvalue weighted by molar-refractivity contribution is 14.0. The number of guanidine groups is 1. The zero-order chi connectivity index (χ0) is 20.9. The first-order valence-electron chi connectivity index (χ1n) is 10.1. The van der Waals surface area contributed by atoms with Crippen LogP contribution >= 0.6 is 24.0 Å². The summed E-state index contributed by atoms with van der Waals surface area (Å²) in [5.41, 5.74) is 2.20. The maximum absolute atomic E-state index is 14.0. The quantitative estimate of drug-likeness (QED) is 0.364. The van der Waals surface area contributed by atoms with E-state index in [-0.39, 0.29) is 42.4 Å². The van der Waals surface area contributed by atoms with Crippen LogP contribution in [0.4, 0.5) is 14.5 Å². The van der Waals surface area contributed by atoms with E-state index in [1.54, 1.807) is 13.1 Å². The molecular formula is C22H27F2IN4O2. The Morgan fingerprint density at radius 2 is 1.90 bits per heavy atom. The Morgan fingerprint density at radius 1 is 1.13 bits per heavy atom. The number of fused-ring (bicyclic) bond motifs is 1. The van der Waals surface area contributed by atoms with E-state index >= 15 is 0 Å². The first-order chi connectivity index (χ1) is 14.7. The van der Waals surface area contributed by atoms with Crippen LogP contribution in [0.5, 0.6) is 5.75 Å². The molecule has 0 saturated carbocycles. The molecule has 0 unspecified atom stereocenters. The van der Waals surface area contributed by atoms with E-state index in [9.17, 15) is 8.78 Å². The van der Waals surface area contributed by atoms with Gasteiger partial charge >= 0.3 is 0 Å². The van der Waals surface area contributed by atoms with Gasteiger partial charge in [0.15, 0.2) is 12.8 Å². The molecule has 1 saturated heterocycles. The summed E-state index contributed by atoms with van der Waals surface area (Å²) in [5, 5.41) is 3.35. The molecule has 2 aliphatic heterocycles. The maximum atomic E-state index is 14.0. The third kappa shape index (κ3) is 5.57. The number of halogens is 3. The lowest BCUT2D eigenvalue weighted by Gasteiger charge is -2.37. The van der Waals surface area contributed by atoms with E-state index in [1.807, 2.05) is 12.1 Å². The highest BCUT2D eigenvalue weighted by Crippen LogP contribution is 2.29. The average Bonchev–Trinajstić information content (AvgIpc) is 2.77. The van der Waals surface area contributed by atoms with Gasteiger partial charge in [-0.15, -0.1) is 24.0 Å². The van der Waals surface area contributed by atoms with E-state index in [2.05, 4.69) is 20.1 Å². The first-order valence-corrected chi connectivity index (χ1v) is 10.1. The number of anilines is 1. The Morgan fingerprint density at radius 3 is 2.65 bits per heavy atom. The van der Waals surface area contributed by atoms with Crippen LogP contribution in [0, 0.1) is 11.6 Å². The highest BCUT2D eigenvalue weighted by atomic mass is 127. The second kappa shape index (κ2) is 10.9. The summed E-state index contributed by atoms with van der Waals surface area (Å²) < 4.78 is 38.8. The van der Waals surface area contributed by atoms with Gasteiger partial charge in [-0.1, -0.05) is 12.1 Å². The number of aliphatic imine (C=N–C) groups is 1. The lowest BCUT2D eigenvalue weighted by molar-refractivity contribution is -0.0172. The van der Waals surface area contributed by atoms with Gasteiger partial charge < -0.3 is 24.6 Å². The molecule has 1 N–H and O–H groups in total. The van der Waals surface area contributed by atoms with Crippen molar-refractivity contribution in [2.24, 2.45) is 4.99 Å². The molecule has 0 amide bonds. The number of hydrogen-bond donors (Lipinski definition) is 1. The van der Waals surface area contributed by atoms with Crippen LogP contribution in [-0.2, 0) is 17.8 Å². The van der Waals surface area contributed by atoms with Gasteiger partial charge in [0, 0.05) is 45.3 Å². The van der Waals surface area contributed by atoms with Gasteiger partial charge in [0.25, 0.3) is 0 Å². The van der Waals surface area contributed by atoms with Gasteiger partial charge in [-0.2, -0.15) is 0 Å². The fourth-order valence-corrected chi connectivity index (χ4v) is 3.95. The summed E-state index contributed by atoms with van der Waals surface area (Å²) in [4.78, 5) is 8.59. The summed E-state index contributed by atoms with van der Waals surface area (Å²) in [6.45, 7) is 4.06. The predicted octanol–water partition coefficient (Wildman–Crippen LogP) is 3.39. The molecule has 0 aromatic heterocycles. The van der Waals surface area contributed by atoms with Gasteiger partial charge in [0.2, 0.25) is 0 Å². The molecule has 2 heterocycles. The number of ether oxygens (including phenoxy) is 2. The van der Waals surface area contributed by atoms with E-state index < -0.39 is 0 Å². The fraction of sp³-hybridized carbons (Fsp3) is 0.409. The predicted molar refractivity (Wildman–Crippen MR) is 127 cm³/mol. The Balaban J connectivity index is 0.00000272. The molecule has 0 spiro atoms. The molecule has 0 bridgehead atoms. The molecule has 4 rings (SSSR count). The zero-order valence-electron chi connectivity index (χ0n) is 17.4. The Bertz CT molecular complexity index is 920. The van der Waals surface area contributed by atoms with Crippen molar-refractivity contribution in [1.82, 2.24) is 10.2 Å². The SMILES string of the molecule is CN=C(NCCc1cc(F)cc2c1OCOC2)N1CCN(c2ccccc2F)CC1.I. The lowest BCUT2D eigenvalue weighted by Crippen LogP contribution is -2.53. The van der Waals surface area contributed by atoms with Crippen LogP contribution in [0.25, 0.3) is 0 Å². The number of nitrogens with zero attached hydrogens (tertiary/aromatic N) is 3.